The molecule has 0 amide bonds. The third-order valence-corrected chi connectivity index (χ3v) is 4.10. The molecule has 0 aliphatic carbocycles. The molecule has 0 aromatic carbocycles. The van der Waals surface area contributed by atoms with Gasteiger partial charge in [-0.25, -0.2) is 9.97 Å². The van der Waals surface area contributed by atoms with E-state index in [4.69, 9.17) is 4.74 Å². The lowest BCUT2D eigenvalue weighted by atomic mass is 10.1. The Morgan fingerprint density at radius 3 is 2.86 bits per heavy atom. The van der Waals surface area contributed by atoms with Gasteiger partial charge in [0.15, 0.2) is 0 Å². The standard InChI is InChI=1S/C17H30N4O/c1-15(2)22-10-4-9-21(13-16-11-19-14-20-12-16)17-5-3-7-18-8-6-17/h11-12,14-15,17-18H,3-10,13H2,1-2H3. The highest BCUT2D eigenvalue weighted by Gasteiger charge is 2.20. The number of hydrogen-bond donors (Lipinski definition) is 1. The van der Waals surface area contributed by atoms with Crippen molar-refractivity contribution >= 4 is 0 Å². The smallest absolute Gasteiger partial charge is 0.115 e. The molecule has 1 aromatic heterocycles. The van der Waals surface area contributed by atoms with Gasteiger partial charge in [-0.05, 0) is 52.6 Å². The molecule has 22 heavy (non-hydrogen) atoms. The number of hydrogen-bond acceptors (Lipinski definition) is 5. The molecular formula is C17H30N4O. The van der Waals surface area contributed by atoms with Crippen LogP contribution in [0.1, 0.15) is 45.1 Å². The van der Waals surface area contributed by atoms with Crippen molar-refractivity contribution in [3.63, 3.8) is 0 Å². The van der Waals surface area contributed by atoms with E-state index < -0.39 is 0 Å². The van der Waals surface area contributed by atoms with Crippen molar-refractivity contribution in [1.29, 1.82) is 0 Å². The zero-order chi connectivity index (χ0) is 15.6. The lowest BCUT2D eigenvalue weighted by Crippen LogP contribution is -2.36. The first kappa shape index (κ1) is 17.3. The molecule has 1 N–H and O–H groups in total. The molecule has 5 nitrogen and oxygen atoms in total. The fraction of sp³-hybridized carbons (Fsp3) is 0.765. The quantitative estimate of drug-likeness (QED) is 0.747. The highest BCUT2D eigenvalue weighted by Crippen LogP contribution is 2.17. The Bertz CT molecular complexity index is 391. The van der Waals surface area contributed by atoms with Gasteiger partial charge in [0, 0.05) is 43.7 Å². The van der Waals surface area contributed by atoms with Crippen LogP contribution in [0.5, 0.6) is 0 Å². The highest BCUT2D eigenvalue weighted by molar-refractivity contribution is 5.02. The van der Waals surface area contributed by atoms with E-state index in [1.54, 1.807) is 6.33 Å². The molecule has 1 atom stereocenters. The van der Waals surface area contributed by atoms with Crippen LogP contribution < -0.4 is 5.32 Å². The van der Waals surface area contributed by atoms with Crippen LogP contribution in [0.15, 0.2) is 18.7 Å². The van der Waals surface area contributed by atoms with Gasteiger partial charge in [0.25, 0.3) is 0 Å². The van der Waals surface area contributed by atoms with E-state index in [0.717, 1.165) is 39.2 Å². The van der Waals surface area contributed by atoms with E-state index in [1.807, 2.05) is 12.4 Å². The van der Waals surface area contributed by atoms with Crippen LogP contribution in [0.2, 0.25) is 0 Å². The Balaban J connectivity index is 1.90. The number of ether oxygens (including phenoxy) is 1. The van der Waals surface area contributed by atoms with Gasteiger partial charge in [-0.2, -0.15) is 0 Å². The summed E-state index contributed by atoms with van der Waals surface area (Å²) in [5, 5.41) is 3.50. The first-order valence-electron chi connectivity index (χ1n) is 8.56. The van der Waals surface area contributed by atoms with Gasteiger partial charge in [0.05, 0.1) is 6.10 Å². The number of aromatic nitrogens is 2. The molecule has 1 fully saturated rings. The molecule has 0 radical (unpaired) electrons. The summed E-state index contributed by atoms with van der Waals surface area (Å²) >= 11 is 0. The van der Waals surface area contributed by atoms with Gasteiger partial charge in [0.1, 0.15) is 6.33 Å². The van der Waals surface area contributed by atoms with Crippen molar-refractivity contribution in [2.24, 2.45) is 0 Å². The summed E-state index contributed by atoms with van der Waals surface area (Å²) in [5.74, 6) is 0. The van der Waals surface area contributed by atoms with Crippen molar-refractivity contribution < 1.29 is 4.74 Å². The van der Waals surface area contributed by atoms with Crippen LogP contribution in [0.3, 0.4) is 0 Å². The van der Waals surface area contributed by atoms with Crippen molar-refractivity contribution in [2.45, 2.75) is 58.2 Å². The van der Waals surface area contributed by atoms with Crippen molar-refractivity contribution in [1.82, 2.24) is 20.2 Å². The lowest BCUT2D eigenvalue weighted by molar-refractivity contribution is 0.0643. The minimum Gasteiger partial charge on any atom is -0.379 e. The van der Waals surface area contributed by atoms with E-state index in [2.05, 4.69) is 34.0 Å². The van der Waals surface area contributed by atoms with Crippen LogP contribution in [0.4, 0.5) is 0 Å². The third kappa shape index (κ3) is 6.38. The largest absolute Gasteiger partial charge is 0.379 e. The molecule has 2 rings (SSSR count). The monoisotopic (exact) mass is 306 g/mol. The average molecular weight is 306 g/mol. The summed E-state index contributed by atoms with van der Waals surface area (Å²) in [7, 11) is 0. The molecule has 0 saturated carbocycles. The van der Waals surface area contributed by atoms with E-state index in [9.17, 15) is 0 Å². The Labute approximate surface area is 134 Å². The summed E-state index contributed by atoms with van der Waals surface area (Å²) in [5.41, 5.74) is 1.20. The second-order valence-corrected chi connectivity index (χ2v) is 6.33. The van der Waals surface area contributed by atoms with Crippen LogP contribution in [-0.2, 0) is 11.3 Å². The molecule has 1 aromatic rings. The van der Waals surface area contributed by atoms with E-state index in [-0.39, 0.29) is 0 Å². The first-order valence-corrected chi connectivity index (χ1v) is 8.56. The van der Waals surface area contributed by atoms with Gasteiger partial charge >= 0.3 is 0 Å². The SMILES string of the molecule is CC(C)OCCCN(Cc1cncnc1)C1CCCNCC1. The molecule has 1 aliphatic heterocycles. The van der Waals surface area contributed by atoms with Crippen molar-refractivity contribution in [3.8, 4) is 0 Å². The van der Waals surface area contributed by atoms with Gasteiger partial charge in [0.2, 0.25) is 0 Å². The maximum absolute atomic E-state index is 5.69. The summed E-state index contributed by atoms with van der Waals surface area (Å²) in [6.07, 6.45) is 10.6. The highest BCUT2D eigenvalue weighted by atomic mass is 16.5. The third-order valence-electron chi connectivity index (χ3n) is 4.10. The Morgan fingerprint density at radius 2 is 2.09 bits per heavy atom. The molecule has 2 heterocycles. The minimum atomic E-state index is 0.318. The van der Waals surface area contributed by atoms with Crippen molar-refractivity contribution in [2.75, 3.05) is 26.2 Å². The van der Waals surface area contributed by atoms with Gasteiger partial charge in [-0.3, -0.25) is 4.90 Å². The van der Waals surface area contributed by atoms with E-state index in [0.29, 0.717) is 12.1 Å². The number of nitrogens with zero attached hydrogens (tertiary/aromatic N) is 3. The Kier molecular flexibility index (Phi) is 7.77. The molecule has 1 saturated heterocycles. The fourth-order valence-corrected chi connectivity index (χ4v) is 2.99. The molecule has 0 bridgehead atoms. The maximum atomic E-state index is 5.69. The maximum Gasteiger partial charge on any atom is 0.115 e. The molecular weight excluding hydrogens is 276 g/mol. The van der Waals surface area contributed by atoms with E-state index in [1.165, 1.54) is 24.8 Å². The summed E-state index contributed by atoms with van der Waals surface area (Å²) in [4.78, 5) is 10.9. The van der Waals surface area contributed by atoms with Crippen LogP contribution in [0.25, 0.3) is 0 Å². The number of nitrogens with one attached hydrogen (secondary N) is 1. The molecule has 1 aliphatic rings. The zero-order valence-corrected chi connectivity index (χ0v) is 14.0. The van der Waals surface area contributed by atoms with Gasteiger partial charge in [-0.15, -0.1) is 0 Å². The fourth-order valence-electron chi connectivity index (χ4n) is 2.99. The van der Waals surface area contributed by atoms with Gasteiger partial charge in [-0.1, -0.05) is 0 Å². The summed E-state index contributed by atoms with van der Waals surface area (Å²) < 4.78 is 5.69. The topological polar surface area (TPSA) is 50.3 Å². The normalized spacial score (nSPS) is 19.5. The number of rotatable bonds is 8. The lowest BCUT2D eigenvalue weighted by Gasteiger charge is -2.31. The van der Waals surface area contributed by atoms with Crippen molar-refractivity contribution in [3.05, 3.63) is 24.3 Å². The molecule has 124 valence electrons. The first-order chi connectivity index (χ1) is 10.8. The molecule has 0 spiro atoms. The molecule has 1 unspecified atom stereocenters. The zero-order valence-electron chi connectivity index (χ0n) is 14.0. The van der Waals surface area contributed by atoms with E-state index >= 15 is 0 Å². The minimum absolute atomic E-state index is 0.318. The average Bonchev–Trinajstić information content (AvgIpc) is 2.80. The second-order valence-electron chi connectivity index (χ2n) is 6.33. The van der Waals surface area contributed by atoms with Crippen LogP contribution in [0, 0.1) is 0 Å². The van der Waals surface area contributed by atoms with Crippen LogP contribution >= 0.6 is 0 Å². The summed E-state index contributed by atoms with van der Waals surface area (Å²) in [6, 6.07) is 0.647. The second kappa shape index (κ2) is 9.87. The Hall–Kier alpha value is -1.04. The molecule has 5 heteroatoms. The predicted octanol–water partition coefficient (Wildman–Crippen LogP) is 2.24. The van der Waals surface area contributed by atoms with Gasteiger partial charge < -0.3 is 10.1 Å². The Morgan fingerprint density at radius 1 is 1.27 bits per heavy atom. The predicted molar refractivity (Wildman–Crippen MR) is 88.7 cm³/mol. The summed E-state index contributed by atoms with van der Waals surface area (Å²) in [6.45, 7) is 9.31. The van der Waals surface area contributed by atoms with Crippen LogP contribution in [-0.4, -0.2) is 53.3 Å².